The van der Waals surface area contributed by atoms with Crippen LogP contribution in [0.15, 0.2) is 10.0 Å². The van der Waals surface area contributed by atoms with Crippen LogP contribution in [0.1, 0.15) is 50.9 Å². The van der Waals surface area contributed by atoms with Gasteiger partial charge in [0.1, 0.15) is 0 Å². The lowest BCUT2D eigenvalue weighted by Gasteiger charge is -2.20. The molecule has 1 aliphatic carbocycles. The maximum absolute atomic E-state index is 6.04. The van der Waals surface area contributed by atoms with Crippen molar-refractivity contribution >= 4 is 22.0 Å². The summed E-state index contributed by atoms with van der Waals surface area (Å²) in [6.45, 7) is 5.18. The van der Waals surface area contributed by atoms with Crippen LogP contribution in [0.25, 0.3) is 6.08 Å². The minimum Gasteiger partial charge on any atom is -0.327 e. The average molecular weight is 312 g/mol. The van der Waals surface area contributed by atoms with Crippen LogP contribution in [0.2, 0.25) is 0 Å². The van der Waals surface area contributed by atoms with E-state index in [-0.39, 0.29) is 0 Å². The van der Waals surface area contributed by atoms with E-state index in [2.05, 4.69) is 45.6 Å². The lowest BCUT2D eigenvalue weighted by atomic mass is 9.90. The van der Waals surface area contributed by atoms with Crippen molar-refractivity contribution in [3.05, 3.63) is 21.4 Å². The Morgan fingerprint density at radius 1 is 1.50 bits per heavy atom. The molecule has 1 aliphatic rings. The van der Waals surface area contributed by atoms with Gasteiger partial charge >= 0.3 is 0 Å². The lowest BCUT2D eigenvalue weighted by molar-refractivity contribution is 0.519. The third-order valence-corrected chi connectivity index (χ3v) is 4.43. The van der Waals surface area contributed by atoms with Gasteiger partial charge in [-0.3, -0.25) is 4.68 Å². The molecule has 0 radical (unpaired) electrons. The molecule has 2 N–H and O–H groups in total. The first-order valence-electron chi connectivity index (χ1n) is 6.85. The first-order valence-corrected chi connectivity index (χ1v) is 7.65. The molecule has 1 fully saturated rings. The van der Waals surface area contributed by atoms with Gasteiger partial charge in [0.2, 0.25) is 0 Å². The van der Waals surface area contributed by atoms with Crippen LogP contribution in [-0.4, -0.2) is 15.8 Å². The molecule has 1 heterocycles. The van der Waals surface area contributed by atoms with E-state index in [9.17, 15) is 0 Å². The zero-order valence-corrected chi connectivity index (χ0v) is 12.8. The molecule has 100 valence electrons. The van der Waals surface area contributed by atoms with Crippen LogP contribution in [0.5, 0.6) is 0 Å². The smallest absolute Gasteiger partial charge is 0.0770 e. The topological polar surface area (TPSA) is 43.8 Å². The van der Waals surface area contributed by atoms with Crippen molar-refractivity contribution in [3.8, 4) is 0 Å². The Kier molecular flexibility index (Phi) is 4.62. The van der Waals surface area contributed by atoms with Gasteiger partial charge in [-0.15, -0.1) is 0 Å². The van der Waals surface area contributed by atoms with Crippen molar-refractivity contribution in [2.75, 3.05) is 0 Å². The zero-order valence-electron chi connectivity index (χ0n) is 11.2. The molecule has 1 unspecified atom stereocenters. The van der Waals surface area contributed by atoms with E-state index in [1.807, 2.05) is 0 Å². The molecule has 4 heteroatoms. The summed E-state index contributed by atoms with van der Waals surface area (Å²) in [5.74, 6) is 0. The van der Waals surface area contributed by atoms with Crippen LogP contribution >= 0.6 is 15.9 Å². The fourth-order valence-electron chi connectivity index (χ4n) is 2.57. The van der Waals surface area contributed by atoms with Crippen LogP contribution in [0.4, 0.5) is 0 Å². The third-order valence-electron chi connectivity index (χ3n) is 3.57. The normalized spacial score (nSPS) is 22.7. The minimum atomic E-state index is 0.340. The Morgan fingerprint density at radius 3 is 2.89 bits per heavy atom. The largest absolute Gasteiger partial charge is 0.327 e. The van der Waals surface area contributed by atoms with Gasteiger partial charge in [-0.25, -0.2) is 0 Å². The highest BCUT2D eigenvalue weighted by Gasteiger charge is 2.16. The molecule has 0 spiro atoms. The number of nitrogens with zero attached hydrogens (tertiary/aromatic N) is 2. The summed E-state index contributed by atoms with van der Waals surface area (Å²) in [7, 11) is 0. The maximum Gasteiger partial charge on any atom is 0.0770 e. The van der Waals surface area contributed by atoms with Crippen molar-refractivity contribution in [1.82, 2.24) is 9.78 Å². The van der Waals surface area contributed by atoms with Crippen LogP contribution in [0, 0.1) is 0 Å². The summed E-state index contributed by atoms with van der Waals surface area (Å²) < 4.78 is 3.23. The van der Waals surface area contributed by atoms with Gasteiger partial charge in [0, 0.05) is 12.6 Å². The van der Waals surface area contributed by atoms with E-state index in [1.165, 1.54) is 24.1 Å². The summed E-state index contributed by atoms with van der Waals surface area (Å²) in [4.78, 5) is 0. The molecule has 1 saturated carbocycles. The van der Waals surface area contributed by atoms with Crippen molar-refractivity contribution in [3.63, 3.8) is 0 Å². The predicted octanol–water partition coefficient (Wildman–Crippen LogP) is 3.51. The molecule has 1 aromatic rings. The van der Waals surface area contributed by atoms with Gasteiger partial charge in [0.05, 0.1) is 15.9 Å². The van der Waals surface area contributed by atoms with Gasteiger partial charge in [0.15, 0.2) is 0 Å². The second-order valence-electron chi connectivity index (χ2n) is 4.97. The van der Waals surface area contributed by atoms with E-state index >= 15 is 0 Å². The Morgan fingerprint density at radius 2 is 2.28 bits per heavy atom. The number of aromatic nitrogens is 2. The second-order valence-corrected chi connectivity index (χ2v) is 5.77. The second kappa shape index (κ2) is 6.02. The Labute approximate surface area is 118 Å². The van der Waals surface area contributed by atoms with E-state index in [1.54, 1.807) is 0 Å². The van der Waals surface area contributed by atoms with Gasteiger partial charge in [-0.05, 0) is 61.0 Å². The fraction of sp³-hybridized carbons (Fsp3) is 0.643. The molecular weight excluding hydrogens is 290 g/mol. The number of aryl methyl sites for hydroxylation is 2. The minimum absolute atomic E-state index is 0.340. The summed E-state index contributed by atoms with van der Waals surface area (Å²) in [6.07, 6.45) is 7.83. The molecule has 2 rings (SSSR count). The van der Waals surface area contributed by atoms with Gasteiger partial charge in [-0.2, -0.15) is 5.10 Å². The standard InChI is InChI=1S/C14H22BrN3/c1-3-12-14(15)13(18(4-2)17-12)9-10-6-5-7-11(16)8-10/h9,11H,3-8,16H2,1-2H3. The number of hydrogen-bond donors (Lipinski definition) is 1. The molecule has 0 saturated heterocycles. The van der Waals surface area contributed by atoms with E-state index < -0.39 is 0 Å². The summed E-state index contributed by atoms with van der Waals surface area (Å²) in [5.41, 5.74) is 9.86. The highest BCUT2D eigenvalue weighted by molar-refractivity contribution is 9.10. The SMILES string of the molecule is CCc1nn(CC)c(C=C2CCCC(N)C2)c1Br. The monoisotopic (exact) mass is 311 g/mol. The zero-order chi connectivity index (χ0) is 13.1. The molecule has 3 nitrogen and oxygen atoms in total. The van der Waals surface area contributed by atoms with E-state index in [0.29, 0.717) is 6.04 Å². The van der Waals surface area contributed by atoms with Crippen LogP contribution < -0.4 is 5.73 Å². The van der Waals surface area contributed by atoms with Crippen LogP contribution in [0.3, 0.4) is 0 Å². The van der Waals surface area contributed by atoms with Crippen molar-refractivity contribution in [1.29, 1.82) is 0 Å². The highest BCUT2D eigenvalue weighted by Crippen LogP contribution is 2.29. The Bertz CT molecular complexity index is 448. The van der Waals surface area contributed by atoms with Crippen LogP contribution in [-0.2, 0) is 13.0 Å². The van der Waals surface area contributed by atoms with Gasteiger partial charge < -0.3 is 5.73 Å². The van der Waals surface area contributed by atoms with Crippen molar-refractivity contribution in [2.45, 2.75) is 58.5 Å². The third kappa shape index (κ3) is 2.86. The number of hydrogen-bond acceptors (Lipinski definition) is 2. The van der Waals surface area contributed by atoms with Gasteiger partial charge in [0.25, 0.3) is 0 Å². The first-order chi connectivity index (χ1) is 8.65. The summed E-state index contributed by atoms with van der Waals surface area (Å²) >= 11 is 3.69. The molecule has 0 bridgehead atoms. The summed E-state index contributed by atoms with van der Waals surface area (Å²) in [5, 5.41) is 4.63. The molecule has 1 aromatic heterocycles. The summed E-state index contributed by atoms with van der Waals surface area (Å²) in [6, 6.07) is 0.340. The average Bonchev–Trinajstić information content (AvgIpc) is 2.66. The lowest BCUT2D eigenvalue weighted by Crippen LogP contribution is -2.23. The fourth-order valence-corrected chi connectivity index (χ4v) is 3.24. The van der Waals surface area contributed by atoms with E-state index in [0.717, 1.165) is 36.0 Å². The molecule has 1 atom stereocenters. The highest BCUT2D eigenvalue weighted by atomic mass is 79.9. The van der Waals surface area contributed by atoms with Crippen molar-refractivity contribution < 1.29 is 0 Å². The number of nitrogens with two attached hydrogens (primary N) is 1. The molecular formula is C14H22BrN3. The number of rotatable bonds is 3. The maximum atomic E-state index is 6.04. The Balaban J connectivity index is 2.32. The predicted molar refractivity (Wildman–Crippen MR) is 79.4 cm³/mol. The van der Waals surface area contributed by atoms with E-state index in [4.69, 9.17) is 5.73 Å². The number of halogens is 1. The molecule has 0 aromatic carbocycles. The van der Waals surface area contributed by atoms with Gasteiger partial charge in [-0.1, -0.05) is 12.5 Å². The molecule has 0 amide bonds. The molecule has 18 heavy (non-hydrogen) atoms. The quantitative estimate of drug-likeness (QED) is 0.928. The Hall–Kier alpha value is -0.610. The first kappa shape index (κ1) is 13.8. The van der Waals surface area contributed by atoms with Crippen molar-refractivity contribution in [2.24, 2.45) is 5.73 Å². The molecule has 0 aliphatic heterocycles.